The molecule has 0 amide bonds. The van der Waals surface area contributed by atoms with Crippen LogP contribution in [0.4, 0.5) is 0 Å². The number of halogens is 1. The summed E-state index contributed by atoms with van der Waals surface area (Å²) in [5, 5.41) is 4.42. The minimum absolute atomic E-state index is 0.104. The first kappa shape index (κ1) is 13.9. The standard InChI is InChI=1S/C15H23ClN2/c1-15(2,11-6-8-12(16)9-7-11)10-18-14-5-3-4-13(14)17/h6-9,13-14,18H,3-5,10,17H2,1-2H3. The Hall–Kier alpha value is -0.570. The lowest BCUT2D eigenvalue weighted by Gasteiger charge is -2.29. The van der Waals surface area contributed by atoms with Gasteiger partial charge in [-0.25, -0.2) is 0 Å². The molecular weight excluding hydrogens is 244 g/mol. The van der Waals surface area contributed by atoms with Crippen LogP contribution in [0.2, 0.25) is 5.02 Å². The van der Waals surface area contributed by atoms with Crippen LogP contribution >= 0.6 is 11.6 Å². The molecule has 0 spiro atoms. The predicted octanol–water partition coefficient (Wildman–Crippen LogP) is 3.09. The van der Waals surface area contributed by atoms with Gasteiger partial charge in [0.2, 0.25) is 0 Å². The Morgan fingerprint density at radius 2 is 1.94 bits per heavy atom. The van der Waals surface area contributed by atoms with Crippen molar-refractivity contribution in [1.29, 1.82) is 0 Å². The normalized spacial score (nSPS) is 24.4. The highest BCUT2D eigenvalue weighted by Gasteiger charge is 2.27. The Kier molecular flexibility index (Phi) is 4.31. The van der Waals surface area contributed by atoms with Crippen LogP contribution in [-0.4, -0.2) is 18.6 Å². The Bertz CT molecular complexity index is 386. The molecule has 1 aliphatic rings. The van der Waals surface area contributed by atoms with Gasteiger partial charge in [-0.05, 0) is 30.5 Å². The number of nitrogens with two attached hydrogens (primary N) is 1. The summed E-state index contributed by atoms with van der Waals surface area (Å²) in [5.41, 5.74) is 7.50. The maximum atomic E-state index is 6.09. The van der Waals surface area contributed by atoms with Gasteiger partial charge in [-0.1, -0.05) is 44.0 Å². The Morgan fingerprint density at radius 1 is 1.28 bits per heavy atom. The number of rotatable bonds is 4. The van der Waals surface area contributed by atoms with E-state index < -0.39 is 0 Å². The maximum Gasteiger partial charge on any atom is 0.0406 e. The van der Waals surface area contributed by atoms with Gasteiger partial charge in [0.05, 0.1) is 0 Å². The molecule has 1 fully saturated rings. The van der Waals surface area contributed by atoms with Gasteiger partial charge in [-0.2, -0.15) is 0 Å². The highest BCUT2D eigenvalue weighted by molar-refractivity contribution is 6.30. The molecule has 2 atom stereocenters. The van der Waals surface area contributed by atoms with E-state index in [9.17, 15) is 0 Å². The van der Waals surface area contributed by atoms with Crippen molar-refractivity contribution in [2.45, 2.75) is 50.6 Å². The molecule has 1 aliphatic carbocycles. The highest BCUT2D eigenvalue weighted by Crippen LogP contribution is 2.25. The minimum atomic E-state index is 0.104. The molecular formula is C15H23ClN2. The van der Waals surface area contributed by atoms with Gasteiger partial charge in [-0.15, -0.1) is 0 Å². The summed E-state index contributed by atoms with van der Waals surface area (Å²) in [6.45, 7) is 5.46. The van der Waals surface area contributed by atoms with Gasteiger partial charge in [-0.3, -0.25) is 0 Å². The van der Waals surface area contributed by atoms with Crippen LogP contribution < -0.4 is 11.1 Å². The SMILES string of the molecule is CC(C)(CNC1CCCC1N)c1ccc(Cl)cc1. The van der Waals surface area contributed by atoms with E-state index in [1.807, 2.05) is 12.1 Å². The van der Waals surface area contributed by atoms with Crippen LogP contribution in [0.3, 0.4) is 0 Å². The molecule has 0 radical (unpaired) electrons. The predicted molar refractivity (Wildman–Crippen MR) is 78.1 cm³/mol. The molecule has 0 saturated heterocycles. The van der Waals surface area contributed by atoms with E-state index in [-0.39, 0.29) is 5.41 Å². The van der Waals surface area contributed by atoms with Crippen LogP contribution in [0.25, 0.3) is 0 Å². The first-order valence-corrected chi connectivity index (χ1v) is 7.12. The van der Waals surface area contributed by atoms with Crippen molar-refractivity contribution >= 4 is 11.6 Å². The van der Waals surface area contributed by atoms with Crippen molar-refractivity contribution in [1.82, 2.24) is 5.32 Å². The van der Waals surface area contributed by atoms with Gasteiger partial charge >= 0.3 is 0 Å². The third kappa shape index (κ3) is 3.25. The summed E-state index contributed by atoms with van der Waals surface area (Å²) in [5.74, 6) is 0. The molecule has 0 aromatic heterocycles. The van der Waals surface area contributed by atoms with Gasteiger partial charge in [0, 0.05) is 29.1 Å². The molecule has 0 bridgehead atoms. The molecule has 18 heavy (non-hydrogen) atoms. The van der Waals surface area contributed by atoms with Crippen molar-refractivity contribution in [2.24, 2.45) is 5.73 Å². The zero-order valence-electron chi connectivity index (χ0n) is 11.2. The molecule has 0 aliphatic heterocycles. The van der Waals surface area contributed by atoms with Crippen molar-refractivity contribution in [2.75, 3.05) is 6.54 Å². The number of hydrogen-bond acceptors (Lipinski definition) is 2. The summed E-state index contributed by atoms with van der Waals surface area (Å²) in [6, 6.07) is 8.94. The quantitative estimate of drug-likeness (QED) is 0.879. The van der Waals surface area contributed by atoms with Crippen molar-refractivity contribution < 1.29 is 0 Å². The lowest BCUT2D eigenvalue weighted by molar-refractivity contribution is 0.400. The Labute approximate surface area is 115 Å². The van der Waals surface area contributed by atoms with Gasteiger partial charge in [0.25, 0.3) is 0 Å². The lowest BCUT2D eigenvalue weighted by atomic mass is 9.84. The minimum Gasteiger partial charge on any atom is -0.326 e. The van der Waals surface area contributed by atoms with E-state index in [1.54, 1.807) is 0 Å². The molecule has 0 heterocycles. The average Bonchev–Trinajstić information content (AvgIpc) is 2.73. The summed E-state index contributed by atoms with van der Waals surface area (Å²) < 4.78 is 0. The zero-order valence-corrected chi connectivity index (χ0v) is 12.0. The average molecular weight is 267 g/mol. The van der Waals surface area contributed by atoms with E-state index in [0.29, 0.717) is 12.1 Å². The first-order chi connectivity index (χ1) is 8.49. The van der Waals surface area contributed by atoms with Gasteiger partial charge in [0.15, 0.2) is 0 Å². The molecule has 1 aromatic carbocycles. The van der Waals surface area contributed by atoms with Crippen molar-refractivity contribution in [3.05, 3.63) is 34.9 Å². The van der Waals surface area contributed by atoms with E-state index in [2.05, 4.69) is 31.3 Å². The Balaban J connectivity index is 1.96. The molecule has 100 valence electrons. The monoisotopic (exact) mass is 266 g/mol. The van der Waals surface area contributed by atoms with E-state index in [4.69, 9.17) is 17.3 Å². The fourth-order valence-corrected chi connectivity index (χ4v) is 2.76. The van der Waals surface area contributed by atoms with E-state index in [1.165, 1.54) is 18.4 Å². The molecule has 2 nitrogen and oxygen atoms in total. The van der Waals surface area contributed by atoms with Crippen molar-refractivity contribution in [3.8, 4) is 0 Å². The summed E-state index contributed by atoms with van der Waals surface area (Å²) >= 11 is 5.93. The van der Waals surface area contributed by atoms with E-state index >= 15 is 0 Å². The topological polar surface area (TPSA) is 38.0 Å². The van der Waals surface area contributed by atoms with Crippen LogP contribution in [-0.2, 0) is 5.41 Å². The molecule has 3 N–H and O–H groups in total. The highest BCUT2D eigenvalue weighted by atomic mass is 35.5. The second-order valence-corrected chi connectivity index (χ2v) is 6.41. The lowest BCUT2D eigenvalue weighted by Crippen LogP contribution is -2.45. The van der Waals surface area contributed by atoms with Crippen LogP contribution in [0.15, 0.2) is 24.3 Å². The second-order valence-electron chi connectivity index (χ2n) is 5.97. The third-order valence-corrected chi connectivity index (χ3v) is 4.25. The number of hydrogen-bond donors (Lipinski definition) is 2. The van der Waals surface area contributed by atoms with Crippen molar-refractivity contribution in [3.63, 3.8) is 0 Å². The fourth-order valence-electron chi connectivity index (χ4n) is 2.63. The fraction of sp³-hybridized carbons (Fsp3) is 0.600. The molecule has 1 aromatic rings. The van der Waals surface area contributed by atoms with Gasteiger partial charge in [0.1, 0.15) is 0 Å². The second kappa shape index (κ2) is 5.60. The largest absolute Gasteiger partial charge is 0.326 e. The Morgan fingerprint density at radius 3 is 2.50 bits per heavy atom. The van der Waals surface area contributed by atoms with Crippen LogP contribution in [0.1, 0.15) is 38.7 Å². The van der Waals surface area contributed by atoms with Gasteiger partial charge < -0.3 is 11.1 Å². The summed E-state index contributed by atoms with van der Waals surface area (Å²) in [7, 11) is 0. The third-order valence-electron chi connectivity index (χ3n) is 4.00. The molecule has 2 unspecified atom stereocenters. The first-order valence-electron chi connectivity index (χ1n) is 6.74. The molecule has 3 heteroatoms. The summed E-state index contributed by atoms with van der Waals surface area (Å²) in [4.78, 5) is 0. The zero-order chi connectivity index (χ0) is 13.2. The number of nitrogens with one attached hydrogen (secondary N) is 1. The van der Waals surface area contributed by atoms with Crippen LogP contribution in [0.5, 0.6) is 0 Å². The molecule has 2 rings (SSSR count). The smallest absolute Gasteiger partial charge is 0.0406 e. The van der Waals surface area contributed by atoms with E-state index in [0.717, 1.165) is 18.0 Å². The number of benzene rings is 1. The summed E-state index contributed by atoms with van der Waals surface area (Å²) in [6.07, 6.45) is 3.61. The molecule has 1 saturated carbocycles. The van der Waals surface area contributed by atoms with Crippen LogP contribution in [0, 0.1) is 0 Å². The maximum absolute atomic E-state index is 6.09.